The van der Waals surface area contributed by atoms with Crippen LogP contribution in [0.15, 0.2) is 0 Å². The summed E-state index contributed by atoms with van der Waals surface area (Å²) in [5.74, 6) is 0.824. The standard InChI is InChI=1S/C16H36N4/c1-5-7-12-19-14-16(10-9-11-18(3)4)15-20(17-19)13-8-6-2/h16-17H,5-15H2,1-4H3. The molecule has 0 aromatic carbocycles. The molecule has 0 spiro atoms. The number of nitrogens with zero attached hydrogens (tertiary/aromatic N) is 3. The Balaban J connectivity index is 2.37. The molecule has 0 aromatic heterocycles. The summed E-state index contributed by atoms with van der Waals surface area (Å²) in [6, 6.07) is 0. The third-order valence-electron chi connectivity index (χ3n) is 4.02. The number of hydrogen-bond acceptors (Lipinski definition) is 4. The zero-order valence-electron chi connectivity index (χ0n) is 14.2. The van der Waals surface area contributed by atoms with Crippen molar-refractivity contribution < 1.29 is 0 Å². The fraction of sp³-hybridized carbons (Fsp3) is 1.00. The molecule has 4 nitrogen and oxygen atoms in total. The average Bonchev–Trinajstić information content (AvgIpc) is 2.42. The van der Waals surface area contributed by atoms with Gasteiger partial charge in [0.25, 0.3) is 0 Å². The molecule has 1 saturated heterocycles. The van der Waals surface area contributed by atoms with Crippen LogP contribution in [0.3, 0.4) is 0 Å². The molecule has 1 rings (SSSR count). The second-order valence-electron chi connectivity index (χ2n) is 6.51. The van der Waals surface area contributed by atoms with Crippen LogP contribution in [-0.2, 0) is 0 Å². The highest BCUT2D eigenvalue weighted by atomic mass is 15.8. The molecule has 0 saturated carbocycles. The first-order chi connectivity index (χ1) is 9.65. The van der Waals surface area contributed by atoms with E-state index in [-0.39, 0.29) is 0 Å². The van der Waals surface area contributed by atoms with Gasteiger partial charge in [0.1, 0.15) is 0 Å². The number of nitrogens with one attached hydrogen (secondary N) is 1. The van der Waals surface area contributed by atoms with Gasteiger partial charge in [-0.2, -0.15) is 5.53 Å². The van der Waals surface area contributed by atoms with Crippen molar-refractivity contribution >= 4 is 0 Å². The first kappa shape index (κ1) is 17.9. The van der Waals surface area contributed by atoms with Crippen LogP contribution in [-0.4, -0.2) is 61.7 Å². The lowest BCUT2D eigenvalue weighted by Crippen LogP contribution is -2.59. The molecule has 1 aliphatic heterocycles. The molecule has 0 radical (unpaired) electrons. The van der Waals surface area contributed by atoms with E-state index in [9.17, 15) is 0 Å². The summed E-state index contributed by atoms with van der Waals surface area (Å²) in [4.78, 5) is 2.30. The Bertz CT molecular complexity index is 217. The summed E-state index contributed by atoms with van der Waals surface area (Å²) < 4.78 is 0. The molecule has 0 atom stereocenters. The van der Waals surface area contributed by atoms with Gasteiger partial charge in [0.15, 0.2) is 0 Å². The van der Waals surface area contributed by atoms with E-state index < -0.39 is 0 Å². The van der Waals surface area contributed by atoms with Crippen LogP contribution in [0.2, 0.25) is 0 Å². The maximum atomic E-state index is 3.61. The molecule has 0 bridgehead atoms. The van der Waals surface area contributed by atoms with E-state index in [4.69, 9.17) is 0 Å². The van der Waals surface area contributed by atoms with Crippen molar-refractivity contribution in [3.8, 4) is 0 Å². The molecule has 1 aliphatic rings. The second kappa shape index (κ2) is 10.6. The molecular formula is C16H36N4. The summed E-state index contributed by atoms with van der Waals surface area (Å²) >= 11 is 0. The van der Waals surface area contributed by atoms with Crippen LogP contribution >= 0.6 is 0 Å². The summed E-state index contributed by atoms with van der Waals surface area (Å²) in [6.07, 6.45) is 7.81. The van der Waals surface area contributed by atoms with Gasteiger partial charge < -0.3 is 4.90 Å². The summed E-state index contributed by atoms with van der Waals surface area (Å²) in [5, 5.41) is 4.89. The first-order valence-electron chi connectivity index (χ1n) is 8.56. The molecule has 20 heavy (non-hydrogen) atoms. The topological polar surface area (TPSA) is 21.8 Å². The highest BCUT2D eigenvalue weighted by Crippen LogP contribution is 2.15. The molecule has 1 heterocycles. The van der Waals surface area contributed by atoms with Crippen LogP contribution in [0, 0.1) is 5.92 Å². The molecule has 0 aliphatic carbocycles. The largest absolute Gasteiger partial charge is 0.309 e. The highest BCUT2D eigenvalue weighted by Gasteiger charge is 2.24. The van der Waals surface area contributed by atoms with E-state index in [1.54, 1.807) is 0 Å². The van der Waals surface area contributed by atoms with E-state index in [0.717, 1.165) is 5.92 Å². The minimum absolute atomic E-state index is 0.824. The Morgan fingerprint density at radius 1 is 0.950 bits per heavy atom. The van der Waals surface area contributed by atoms with E-state index in [0.29, 0.717) is 0 Å². The summed E-state index contributed by atoms with van der Waals surface area (Å²) in [5.41, 5.74) is 3.61. The van der Waals surface area contributed by atoms with Crippen LogP contribution in [0.1, 0.15) is 52.4 Å². The van der Waals surface area contributed by atoms with Gasteiger partial charge in [-0.1, -0.05) is 26.7 Å². The van der Waals surface area contributed by atoms with E-state index in [1.165, 1.54) is 71.2 Å². The monoisotopic (exact) mass is 284 g/mol. The zero-order chi connectivity index (χ0) is 14.8. The van der Waals surface area contributed by atoms with Crippen molar-refractivity contribution in [2.45, 2.75) is 52.4 Å². The lowest BCUT2D eigenvalue weighted by molar-refractivity contribution is -0.0468. The Labute approximate surface area is 126 Å². The molecular weight excluding hydrogens is 248 g/mol. The number of hydrogen-bond donors (Lipinski definition) is 1. The number of rotatable bonds is 10. The lowest BCUT2D eigenvalue weighted by atomic mass is 10.0. The smallest absolute Gasteiger partial charge is 0.0185 e. The Hall–Kier alpha value is -0.160. The van der Waals surface area contributed by atoms with Crippen LogP contribution in [0.4, 0.5) is 0 Å². The van der Waals surface area contributed by atoms with Crippen molar-refractivity contribution in [2.24, 2.45) is 5.92 Å². The molecule has 0 unspecified atom stereocenters. The van der Waals surface area contributed by atoms with E-state index >= 15 is 0 Å². The maximum Gasteiger partial charge on any atom is 0.0185 e. The molecule has 1 N–H and O–H groups in total. The van der Waals surface area contributed by atoms with Crippen molar-refractivity contribution in [3.05, 3.63) is 0 Å². The fourth-order valence-corrected chi connectivity index (χ4v) is 2.82. The predicted molar refractivity (Wildman–Crippen MR) is 87.4 cm³/mol. The Kier molecular flexibility index (Phi) is 9.44. The minimum Gasteiger partial charge on any atom is -0.309 e. The van der Waals surface area contributed by atoms with Crippen LogP contribution in [0.5, 0.6) is 0 Å². The van der Waals surface area contributed by atoms with Crippen molar-refractivity contribution in [1.29, 1.82) is 0 Å². The van der Waals surface area contributed by atoms with Crippen LogP contribution in [0.25, 0.3) is 0 Å². The Morgan fingerprint density at radius 3 is 1.95 bits per heavy atom. The van der Waals surface area contributed by atoms with Crippen LogP contribution < -0.4 is 5.53 Å². The SMILES string of the molecule is CCCCN1CC(CCCN(C)C)CN(CCCC)N1. The predicted octanol–water partition coefficient (Wildman–Crippen LogP) is 2.58. The van der Waals surface area contributed by atoms with E-state index in [1.807, 2.05) is 0 Å². The van der Waals surface area contributed by atoms with E-state index in [2.05, 4.69) is 48.4 Å². The molecule has 0 amide bonds. The zero-order valence-corrected chi connectivity index (χ0v) is 14.2. The summed E-state index contributed by atoms with van der Waals surface area (Å²) in [6.45, 7) is 10.6. The lowest BCUT2D eigenvalue weighted by Gasteiger charge is -2.41. The van der Waals surface area contributed by atoms with Crippen molar-refractivity contribution in [1.82, 2.24) is 20.5 Å². The highest BCUT2D eigenvalue weighted by molar-refractivity contribution is 4.73. The quantitative estimate of drug-likeness (QED) is 0.665. The molecule has 1 fully saturated rings. The first-order valence-corrected chi connectivity index (χ1v) is 8.56. The minimum atomic E-state index is 0.824. The normalized spacial score (nSPS) is 19.1. The van der Waals surface area contributed by atoms with Gasteiger partial charge in [-0.3, -0.25) is 0 Å². The average molecular weight is 284 g/mol. The molecule has 0 aromatic rings. The Morgan fingerprint density at radius 2 is 1.50 bits per heavy atom. The van der Waals surface area contributed by atoms with Crippen molar-refractivity contribution in [3.63, 3.8) is 0 Å². The third-order valence-corrected chi connectivity index (χ3v) is 4.02. The van der Waals surface area contributed by atoms with Gasteiger partial charge in [-0.05, 0) is 52.2 Å². The van der Waals surface area contributed by atoms with Gasteiger partial charge in [-0.25, -0.2) is 10.0 Å². The fourth-order valence-electron chi connectivity index (χ4n) is 2.82. The number of hydrazine groups is 2. The second-order valence-corrected chi connectivity index (χ2v) is 6.51. The van der Waals surface area contributed by atoms with Gasteiger partial charge in [0.2, 0.25) is 0 Å². The summed E-state index contributed by atoms with van der Waals surface area (Å²) in [7, 11) is 4.34. The molecule has 120 valence electrons. The molecule has 4 heteroatoms. The van der Waals surface area contributed by atoms with Gasteiger partial charge in [-0.15, -0.1) is 0 Å². The third kappa shape index (κ3) is 7.58. The van der Waals surface area contributed by atoms with Gasteiger partial charge in [0, 0.05) is 26.2 Å². The van der Waals surface area contributed by atoms with Crippen molar-refractivity contribution in [2.75, 3.05) is 46.8 Å². The van der Waals surface area contributed by atoms with Gasteiger partial charge >= 0.3 is 0 Å². The van der Waals surface area contributed by atoms with Gasteiger partial charge in [0.05, 0.1) is 0 Å². The maximum absolute atomic E-state index is 3.61. The number of unbranched alkanes of at least 4 members (excludes halogenated alkanes) is 2.